The lowest BCUT2D eigenvalue weighted by molar-refractivity contribution is 0.0475. The second-order valence-electron chi connectivity index (χ2n) is 7.07. The van der Waals surface area contributed by atoms with Crippen molar-refractivity contribution < 1.29 is 14.3 Å². The van der Waals surface area contributed by atoms with Gasteiger partial charge < -0.3 is 14.4 Å². The highest BCUT2D eigenvalue weighted by atomic mass is 16.5. The number of rotatable bonds is 5. The minimum Gasteiger partial charge on any atom is -0.496 e. The van der Waals surface area contributed by atoms with Crippen LogP contribution in [-0.4, -0.2) is 55.6 Å². The fourth-order valence-electron chi connectivity index (χ4n) is 3.70. The molecule has 0 radical (unpaired) electrons. The van der Waals surface area contributed by atoms with Crippen LogP contribution in [0, 0.1) is 6.92 Å². The van der Waals surface area contributed by atoms with Crippen molar-refractivity contribution in [1.82, 2.24) is 9.80 Å². The molecule has 1 aliphatic heterocycles. The highest BCUT2D eigenvalue weighted by molar-refractivity contribution is 5.95. The molecule has 0 unspecified atom stereocenters. The van der Waals surface area contributed by atoms with E-state index in [0.29, 0.717) is 23.6 Å². The summed E-state index contributed by atoms with van der Waals surface area (Å²) in [7, 11) is 3.22. The number of ether oxygens (including phenoxy) is 2. The van der Waals surface area contributed by atoms with Gasteiger partial charge in [-0.1, -0.05) is 30.3 Å². The van der Waals surface area contributed by atoms with E-state index >= 15 is 0 Å². The van der Waals surface area contributed by atoms with E-state index in [-0.39, 0.29) is 11.9 Å². The van der Waals surface area contributed by atoms with E-state index < -0.39 is 0 Å². The van der Waals surface area contributed by atoms with Gasteiger partial charge >= 0.3 is 0 Å². The van der Waals surface area contributed by atoms with Gasteiger partial charge in [0.25, 0.3) is 5.91 Å². The van der Waals surface area contributed by atoms with Crippen molar-refractivity contribution in [3.63, 3.8) is 0 Å². The lowest BCUT2D eigenvalue weighted by Crippen LogP contribution is -2.53. The first-order valence-corrected chi connectivity index (χ1v) is 9.33. The fourth-order valence-corrected chi connectivity index (χ4v) is 3.70. The molecule has 2 aromatic carbocycles. The quantitative estimate of drug-likeness (QED) is 0.812. The third kappa shape index (κ3) is 4.25. The summed E-state index contributed by atoms with van der Waals surface area (Å²) >= 11 is 0. The summed E-state index contributed by atoms with van der Waals surface area (Å²) in [6, 6.07) is 14.2. The van der Waals surface area contributed by atoms with Crippen molar-refractivity contribution in [1.29, 1.82) is 0 Å². The summed E-state index contributed by atoms with van der Waals surface area (Å²) < 4.78 is 10.8. The van der Waals surface area contributed by atoms with Gasteiger partial charge in [-0.2, -0.15) is 0 Å². The van der Waals surface area contributed by atoms with Crippen molar-refractivity contribution in [3.05, 3.63) is 59.2 Å². The lowest BCUT2D eigenvalue weighted by atomic mass is 10.1. The van der Waals surface area contributed by atoms with E-state index in [1.165, 1.54) is 5.56 Å². The van der Waals surface area contributed by atoms with Crippen LogP contribution in [0.5, 0.6) is 11.5 Å². The van der Waals surface area contributed by atoms with Crippen LogP contribution in [0.2, 0.25) is 0 Å². The van der Waals surface area contributed by atoms with Crippen molar-refractivity contribution >= 4 is 5.91 Å². The Bertz CT molecular complexity index is 766. The number of nitrogens with zero attached hydrogens (tertiary/aromatic N) is 2. The largest absolute Gasteiger partial charge is 0.496 e. The van der Waals surface area contributed by atoms with Crippen molar-refractivity contribution in [3.8, 4) is 11.5 Å². The zero-order valence-corrected chi connectivity index (χ0v) is 16.6. The standard InChI is InChI=1S/C22H28N2O3/c1-16-14-23(15-18-8-6-5-7-9-18)10-11-24(16)22(25)19-12-20(26-3)17(2)21(13-19)27-4/h5-9,12-13,16H,10-11,14-15H2,1-4H3/t16-/m1/s1. The smallest absolute Gasteiger partial charge is 0.254 e. The Kier molecular flexibility index (Phi) is 6.01. The summed E-state index contributed by atoms with van der Waals surface area (Å²) in [6.07, 6.45) is 0. The van der Waals surface area contributed by atoms with Crippen LogP contribution < -0.4 is 9.47 Å². The van der Waals surface area contributed by atoms with E-state index in [1.807, 2.05) is 30.0 Å². The third-order valence-corrected chi connectivity index (χ3v) is 5.22. The van der Waals surface area contributed by atoms with Crippen LogP contribution >= 0.6 is 0 Å². The topological polar surface area (TPSA) is 42.0 Å². The Labute approximate surface area is 161 Å². The minimum atomic E-state index is 0.0264. The van der Waals surface area contributed by atoms with Crippen LogP contribution in [0.4, 0.5) is 0 Å². The first-order valence-electron chi connectivity index (χ1n) is 9.33. The van der Waals surface area contributed by atoms with E-state index in [0.717, 1.165) is 25.2 Å². The van der Waals surface area contributed by atoms with Gasteiger partial charge in [0.15, 0.2) is 0 Å². The molecular weight excluding hydrogens is 340 g/mol. The molecule has 1 atom stereocenters. The number of piperazine rings is 1. The molecule has 0 aliphatic carbocycles. The van der Waals surface area contributed by atoms with E-state index in [4.69, 9.17) is 9.47 Å². The first kappa shape index (κ1) is 19.2. The van der Waals surface area contributed by atoms with Gasteiger partial charge in [-0.25, -0.2) is 0 Å². The molecule has 2 aromatic rings. The zero-order valence-electron chi connectivity index (χ0n) is 16.6. The highest BCUT2D eigenvalue weighted by Crippen LogP contribution is 2.30. The second-order valence-corrected chi connectivity index (χ2v) is 7.07. The second kappa shape index (κ2) is 8.44. The molecule has 5 heteroatoms. The zero-order chi connectivity index (χ0) is 19.4. The monoisotopic (exact) mass is 368 g/mol. The fraction of sp³-hybridized carbons (Fsp3) is 0.409. The number of benzene rings is 2. The molecule has 1 fully saturated rings. The Morgan fingerprint density at radius 1 is 1.07 bits per heavy atom. The highest BCUT2D eigenvalue weighted by Gasteiger charge is 2.29. The SMILES string of the molecule is COc1cc(C(=O)N2CCN(Cc3ccccc3)C[C@H]2C)cc(OC)c1C. The summed E-state index contributed by atoms with van der Waals surface area (Å²) in [4.78, 5) is 17.5. The number of carbonyl (C=O) groups excluding carboxylic acids is 1. The Morgan fingerprint density at radius 3 is 2.26 bits per heavy atom. The van der Waals surface area contributed by atoms with Gasteiger partial charge in [0.1, 0.15) is 11.5 Å². The summed E-state index contributed by atoms with van der Waals surface area (Å²) in [5, 5.41) is 0. The molecule has 1 saturated heterocycles. The molecule has 0 spiro atoms. The molecule has 1 aliphatic rings. The predicted octanol–water partition coefficient (Wildman–Crippen LogP) is 3.36. The minimum absolute atomic E-state index is 0.0264. The number of hydrogen-bond donors (Lipinski definition) is 0. The predicted molar refractivity (Wildman–Crippen MR) is 107 cm³/mol. The van der Waals surface area contributed by atoms with Gasteiger partial charge in [-0.3, -0.25) is 9.69 Å². The summed E-state index contributed by atoms with van der Waals surface area (Å²) in [5.74, 6) is 1.37. The molecule has 144 valence electrons. The summed E-state index contributed by atoms with van der Waals surface area (Å²) in [6.45, 7) is 7.39. The van der Waals surface area contributed by atoms with E-state index in [2.05, 4.69) is 36.1 Å². The number of hydrogen-bond acceptors (Lipinski definition) is 4. The van der Waals surface area contributed by atoms with E-state index in [9.17, 15) is 4.79 Å². The van der Waals surface area contributed by atoms with Crippen molar-refractivity contribution in [2.75, 3.05) is 33.9 Å². The summed E-state index contributed by atoms with van der Waals surface area (Å²) in [5.41, 5.74) is 2.81. The lowest BCUT2D eigenvalue weighted by Gasteiger charge is -2.40. The molecule has 0 bridgehead atoms. The maximum absolute atomic E-state index is 13.1. The van der Waals surface area contributed by atoms with Gasteiger partial charge in [-0.15, -0.1) is 0 Å². The van der Waals surface area contributed by atoms with Crippen LogP contribution in [0.25, 0.3) is 0 Å². The molecule has 27 heavy (non-hydrogen) atoms. The van der Waals surface area contributed by atoms with Crippen molar-refractivity contribution in [2.45, 2.75) is 26.4 Å². The maximum atomic E-state index is 13.1. The third-order valence-electron chi connectivity index (χ3n) is 5.22. The maximum Gasteiger partial charge on any atom is 0.254 e. The molecule has 0 N–H and O–H groups in total. The molecule has 5 nitrogen and oxygen atoms in total. The van der Waals surface area contributed by atoms with Crippen LogP contribution in [0.3, 0.4) is 0 Å². The Balaban J connectivity index is 1.71. The molecule has 1 amide bonds. The molecule has 3 rings (SSSR count). The first-order chi connectivity index (χ1) is 13.0. The molecular formula is C22H28N2O3. The Morgan fingerprint density at radius 2 is 1.70 bits per heavy atom. The van der Waals surface area contributed by atoms with Gasteiger partial charge in [-0.05, 0) is 31.5 Å². The van der Waals surface area contributed by atoms with Gasteiger partial charge in [0.2, 0.25) is 0 Å². The van der Waals surface area contributed by atoms with Crippen LogP contribution in [0.1, 0.15) is 28.4 Å². The molecule has 0 saturated carbocycles. The van der Waals surface area contributed by atoms with Gasteiger partial charge in [0.05, 0.1) is 14.2 Å². The number of amides is 1. The molecule has 1 heterocycles. The normalized spacial score (nSPS) is 17.6. The van der Waals surface area contributed by atoms with Crippen LogP contribution in [-0.2, 0) is 6.54 Å². The average Bonchev–Trinajstić information content (AvgIpc) is 2.68. The van der Waals surface area contributed by atoms with Crippen molar-refractivity contribution in [2.24, 2.45) is 0 Å². The molecule has 0 aromatic heterocycles. The number of methoxy groups -OCH3 is 2. The van der Waals surface area contributed by atoms with Gasteiger partial charge in [0, 0.05) is 43.3 Å². The van der Waals surface area contributed by atoms with E-state index in [1.54, 1.807) is 14.2 Å². The van der Waals surface area contributed by atoms with Crippen LogP contribution in [0.15, 0.2) is 42.5 Å². The Hall–Kier alpha value is -2.53. The number of carbonyl (C=O) groups is 1. The average molecular weight is 368 g/mol.